The first-order valence-electron chi connectivity index (χ1n) is 3.99. The Balaban J connectivity index is 3.31. The summed E-state index contributed by atoms with van der Waals surface area (Å²) in [5, 5.41) is 8.77. The molecule has 0 radical (unpaired) electrons. The third kappa shape index (κ3) is 1.48. The third-order valence-corrected chi connectivity index (χ3v) is 2.04. The lowest BCUT2D eigenvalue weighted by molar-refractivity contribution is 0.0599. The van der Waals surface area contributed by atoms with E-state index < -0.39 is 11.9 Å². The van der Waals surface area contributed by atoms with E-state index in [2.05, 4.69) is 9.72 Å². The molecule has 14 heavy (non-hydrogen) atoms. The Morgan fingerprint density at radius 3 is 2.29 bits per heavy atom. The normalized spacial score (nSPS) is 9.93. The molecule has 1 aromatic heterocycles. The van der Waals surface area contributed by atoms with E-state index in [0.717, 1.165) is 0 Å². The molecule has 1 aromatic rings. The number of carbonyl (C=O) groups is 2. The zero-order chi connectivity index (χ0) is 10.9. The molecular formula is C9H11NO4. The van der Waals surface area contributed by atoms with Crippen LogP contribution in [0.4, 0.5) is 0 Å². The molecule has 0 bridgehead atoms. The molecule has 0 unspecified atom stereocenters. The monoisotopic (exact) mass is 197 g/mol. The number of carboxylic acid groups (broad SMARTS) is 1. The SMILES string of the molecule is COC(=O)c1c(C)[nH]c(C(=O)O)c1C. The van der Waals surface area contributed by atoms with Gasteiger partial charge in [0.05, 0.1) is 12.7 Å². The number of hydrogen-bond donors (Lipinski definition) is 2. The molecule has 2 N–H and O–H groups in total. The van der Waals surface area contributed by atoms with Gasteiger partial charge in [-0.1, -0.05) is 0 Å². The summed E-state index contributed by atoms with van der Waals surface area (Å²) in [7, 11) is 1.26. The molecule has 0 aliphatic heterocycles. The van der Waals surface area contributed by atoms with Gasteiger partial charge in [0.1, 0.15) is 5.69 Å². The molecule has 0 saturated heterocycles. The number of hydrogen-bond acceptors (Lipinski definition) is 3. The molecule has 0 spiro atoms. The number of ether oxygens (including phenoxy) is 1. The lowest BCUT2D eigenvalue weighted by Gasteiger charge is -1.98. The number of aromatic amines is 1. The number of rotatable bonds is 2. The van der Waals surface area contributed by atoms with Gasteiger partial charge in [-0.15, -0.1) is 0 Å². The fourth-order valence-electron chi connectivity index (χ4n) is 1.37. The van der Waals surface area contributed by atoms with Crippen molar-refractivity contribution in [2.75, 3.05) is 7.11 Å². The van der Waals surface area contributed by atoms with Crippen LogP contribution in [0.5, 0.6) is 0 Å². The molecule has 0 aliphatic rings. The topological polar surface area (TPSA) is 79.4 Å². The average molecular weight is 197 g/mol. The Morgan fingerprint density at radius 1 is 1.36 bits per heavy atom. The van der Waals surface area contributed by atoms with Gasteiger partial charge >= 0.3 is 11.9 Å². The van der Waals surface area contributed by atoms with Crippen molar-refractivity contribution in [1.29, 1.82) is 0 Å². The van der Waals surface area contributed by atoms with E-state index in [1.54, 1.807) is 13.8 Å². The van der Waals surface area contributed by atoms with Crippen LogP contribution in [0, 0.1) is 13.8 Å². The van der Waals surface area contributed by atoms with Crippen molar-refractivity contribution in [3.05, 3.63) is 22.5 Å². The molecule has 0 amide bonds. The average Bonchev–Trinajstić information content (AvgIpc) is 2.41. The summed E-state index contributed by atoms with van der Waals surface area (Å²) in [4.78, 5) is 24.6. The van der Waals surface area contributed by atoms with Crippen LogP contribution in [0.1, 0.15) is 32.1 Å². The van der Waals surface area contributed by atoms with E-state index in [9.17, 15) is 9.59 Å². The molecule has 76 valence electrons. The van der Waals surface area contributed by atoms with E-state index in [1.807, 2.05) is 0 Å². The van der Waals surface area contributed by atoms with Crippen LogP contribution in [0.2, 0.25) is 0 Å². The fourth-order valence-corrected chi connectivity index (χ4v) is 1.37. The van der Waals surface area contributed by atoms with Crippen LogP contribution >= 0.6 is 0 Å². The largest absolute Gasteiger partial charge is 0.477 e. The van der Waals surface area contributed by atoms with Gasteiger partial charge in [-0.2, -0.15) is 0 Å². The molecular weight excluding hydrogens is 186 g/mol. The molecule has 0 aliphatic carbocycles. The maximum absolute atomic E-state index is 11.3. The summed E-state index contributed by atoms with van der Waals surface area (Å²) >= 11 is 0. The fraction of sp³-hybridized carbons (Fsp3) is 0.333. The highest BCUT2D eigenvalue weighted by molar-refractivity contribution is 5.97. The zero-order valence-electron chi connectivity index (χ0n) is 8.17. The summed E-state index contributed by atoms with van der Waals surface area (Å²) in [6.45, 7) is 3.20. The second-order valence-corrected chi connectivity index (χ2v) is 2.92. The van der Waals surface area contributed by atoms with E-state index >= 15 is 0 Å². The highest BCUT2D eigenvalue weighted by Crippen LogP contribution is 2.18. The smallest absolute Gasteiger partial charge is 0.352 e. The molecule has 1 rings (SSSR count). The standard InChI is InChI=1S/C9H11NO4/c1-4-6(9(13)14-3)5(2)10-7(4)8(11)12/h10H,1-3H3,(H,11,12). The number of nitrogens with one attached hydrogen (secondary N) is 1. The lowest BCUT2D eigenvalue weighted by Crippen LogP contribution is -2.04. The maximum Gasteiger partial charge on any atom is 0.352 e. The molecule has 5 heteroatoms. The van der Waals surface area contributed by atoms with Crippen LogP contribution in [-0.2, 0) is 4.74 Å². The first kappa shape index (κ1) is 10.3. The summed E-state index contributed by atoms with van der Waals surface area (Å²) in [5.74, 6) is -1.61. The Kier molecular flexibility index (Phi) is 2.60. The summed E-state index contributed by atoms with van der Waals surface area (Å²) in [5.41, 5.74) is 1.24. The minimum absolute atomic E-state index is 0.0305. The number of esters is 1. The summed E-state index contributed by atoms with van der Waals surface area (Å²) < 4.78 is 4.54. The predicted octanol–water partition coefficient (Wildman–Crippen LogP) is 1.12. The number of carboxylic acids is 1. The minimum Gasteiger partial charge on any atom is -0.477 e. The van der Waals surface area contributed by atoms with Crippen molar-refractivity contribution in [3.8, 4) is 0 Å². The third-order valence-electron chi connectivity index (χ3n) is 2.04. The Morgan fingerprint density at radius 2 is 1.93 bits per heavy atom. The van der Waals surface area contributed by atoms with Gasteiger partial charge in [-0.25, -0.2) is 9.59 Å². The van der Waals surface area contributed by atoms with Crippen LogP contribution in [0.3, 0.4) is 0 Å². The minimum atomic E-state index is -1.08. The van der Waals surface area contributed by atoms with E-state index in [0.29, 0.717) is 16.8 Å². The highest BCUT2D eigenvalue weighted by atomic mass is 16.5. The van der Waals surface area contributed by atoms with Gasteiger partial charge in [0, 0.05) is 5.69 Å². The van der Waals surface area contributed by atoms with Crippen LogP contribution < -0.4 is 0 Å². The van der Waals surface area contributed by atoms with Crippen molar-refractivity contribution in [3.63, 3.8) is 0 Å². The molecule has 5 nitrogen and oxygen atoms in total. The first-order valence-corrected chi connectivity index (χ1v) is 3.99. The van der Waals surface area contributed by atoms with Gasteiger partial charge in [0.25, 0.3) is 0 Å². The van der Waals surface area contributed by atoms with E-state index in [4.69, 9.17) is 5.11 Å². The molecule has 1 heterocycles. The molecule has 0 aromatic carbocycles. The quantitative estimate of drug-likeness (QED) is 0.696. The number of aromatic carboxylic acids is 1. The molecule has 0 saturated carbocycles. The summed E-state index contributed by atoms with van der Waals surface area (Å²) in [6.07, 6.45) is 0. The second kappa shape index (κ2) is 3.53. The van der Waals surface area contributed by atoms with Gasteiger partial charge < -0.3 is 14.8 Å². The Bertz CT molecular complexity index is 392. The Hall–Kier alpha value is -1.78. The number of carbonyl (C=O) groups excluding carboxylic acids is 1. The van der Waals surface area contributed by atoms with Crippen molar-refractivity contribution >= 4 is 11.9 Å². The predicted molar refractivity (Wildman–Crippen MR) is 48.6 cm³/mol. The number of aryl methyl sites for hydroxylation is 1. The van der Waals surface area contributed by atoms with Gasteiger partial charge in [0.2, 0.25) is 0 Å². The lowest BCUT2D eigenvalue weighted by atomic mass is 10.1. The van der Waals surface area contributed by atoms with Crippen LogP contribution in [0.25, 0.3) is 0 Å². The molecule has 0 atom stereocenters. The van der Waals surface area contributed by atoms with Gasteiger partial charge in [-0.3, -0.25) is 0 Å². The maximum atomic E-state index is 11.3. The summed E-state index contributed by atoms with van der Waals surface area (Å²) in [6, 6.07) is 0. The van der Waals surface area contributed by atoms with Crippen molar-refractivity contribution in [2.45, 2.75) is 13.8 Å². The van der Waals surface area contributed by atoms with Crippen molar-refractivity contribution in [1.82, 2.24) is 4.98 Å². The Labute approximate surface area is 80.7 Å². The number of methoxy groups -OCH3 is 1. The van der Waals surface area contributed by atoms with Crippen LogP contribution in [-0.4, -0.2) is 29.1 Å². The zero-order valence-corrected chi connectivity index (χ0v) is 8.17. The van der Waals surface area contributed by atoms with E-state index in [1.165, 1.54) is 7.11 Å². The highest BCUT2D eigenvalue weighted by Gasteiger charge is 2.21. The van der Waals surface area contributed by atoms with E-state index in [-0.39, 0.29) is 5.69 Å². The number of H-pyrrole nitrogens is 1. The number of aromatic nitrogens is 1. The second-order valence-electron chi connectivity index (χ2n) is 2.92. The van der Waals surface area contributed by atoms with Crippen molar-refractivity contribution < 1.29 is 19.4 Å². The first-order chi connectivity index (χ1) is 6.49. The van der Waals surface area contributed by atoms with Gasteiger partial charge in [-0.05, 0) is 19.4 Å². The molecule has 0 fully saturated rings. The van der Waals surface area contributed by atoms with Gasteiger partial charge in [0.15, 0.2) is 0 Å². The van der Waals surface area contributed by atoms with Crippen molar-refractivity contribution in [2.24, 2.45) is 0 Å². The van der Waals surface area contributed by atoms with Crippen LogP contribution in [0.15, 0.2) is 0 Å².